The van der Waals surface area contributed by atoms with Crippen molar-refractivity contribution in [2.24, 2.45) is 11.7 Å². The van der Waals surface area contributed by atoms with Crippen LogP contribution in [0.25, 0.3) is 0 Å². The zero-order valence-electron chi connectivity index (χ0n) is 14.8. The molecule has 24 heavy (non-hydrogen) atoms. The fourth-order valence-corrected chi connectivity index (χ4v) is 3.18. The summed E-state index contributed by atoms with van der Waals surface area (Å²) in [5.74, 6) is 0.398. The van der Waals surface area contributed by atoms with E-state index in [-0.39, 0.29) is 23.7 Å². The van der Waals surface area contributed by atoms with Crippen LogP contribution < -0.4 is 10.5 Å². The molecule has 1 aliphatic rings. The Morgan fingerprint density at radius 2 is 2.17 bits per heavy atom. The molecule has 1 saturated heterocycles. The molecule has 0 bridgehead atoms. The summed E-state index contributed by atoms with van der Waals surface area (Å²) < 4.78 is 24.5. The summed E-state index contributed by atoms with van der Waals surface area (Å²) in [4.78, 5) is 13.9. The number of likely N-dealkylation sites (tertiary alicyclic amines) is 1. The van der Waals surface area contributed by atoms with Crippen LogP contribution >= 0.6 is 0 Å². The monoisotopic (exact) mass is 338 g/mol. The normalized spacial score (nSPS) is 19.2. The van der Waals surface area contributed by atoms with E-state index in [1.807, 2.05) is 20.8 Å². The molecule has 1 aromatic rings. The van der Waals surface area contributed by atoms with E-state index in [0.717, 1.165) is 12.0 Å². The molecule has 1 aromatic carbocycles. The smallest absolute Gasteiger partial charge is 0.410 e. The lowest BCUT2D eigenvalue weighted by Gasteiger charge is -2.26. The molecule has 0 saturated carbocycles. The van der Waals surface area contributed by atoms with Gasteiger partial charge in [0.15, 0.2) is 0 Å². The van der Waals surface area contributed by atoms with E-state index in [1.165, 1.54) is 12.1 Å². The van der Waals surface area contributed by atoms with Crippen LogP contribution in [-0.2, 0) is 4.74 Å². The molecule has 134 valence electrons. The van der Waals surface area contributed by atoms with Gasteiger partial charge >= 0.3 is 6.09 Å². The molecular formula is C18H27FN2O3. The molecule has 1 aliphatic heterocycles. The molecule has 0 spiro atoms. The van der Waals surface area contributed by atoms with Crippen molar-refractivity contribution in [3.63, 3.8) is 0 Å². The lowest BCUT2D eigenvalue weighted by Crippen LogP contribution is -2.36. The number of carbonyl (C=O) groups excluding carboxylic acids is 1. The number of benzene rings is 1. The summed E-state index contributed by atoms with van der Waals surface area (Å²) in [7, 11) is 1.56. The zero-order chi connectivity index (χ0) is 17.9. The number of amides is 1. The minimum absolute atomic E-state index is 0.0666. The van der Waals surface area contributed by atoms with Gasteiger partial charge < -0.3 is 20.1 Å². The number of rotatable bonds is 4. The van der Waals surface area contributed by atoms with Crippen molar-refractivity contribution in [3.05, 3.63) is 29.6 Å². The largest absolute Gasteiger partial charge is 0.496 e. The van der Waals surface area contributed by atoms with Crippen LogP contribution in [0, 0.1) is 11.7 Å². The van der Waals surface area contributed by atoms with Gasteiger partial charge in [0.2, 0.25) is 0 Å². The van der Waals surface area contributed by atoms with Gasteiger partial charge in [0, 0.05) is 24.6 Å². The second kappa shape index (κ2) is 7.38. The van der Waals surface area contributed by atoms with E-state index in [1.54, 1.807) is 18.1 Å². The molecule has 2 unspecified atom stereocenters. The second-order valence-corrected chi connectivity index (χ2v) is 7.20. The highest BCUT2D eigenvalue weighted by Crippen LogP contribution is 2.36. The maximum Gasteiger partial charge on any atom is 0.410 e. The minimum Gasteiger partial charge on any atom is -0.496 e. The molecule has 1 fully saturated rings. The third kappa shape index (κ3) is 4.38. The van der Waals surface area contributed by atoms with Crippen molar-refractivity contribution in [2.75, 3.05) is 26.7 Å². The average Bonchev–Trinajstić information content (AvgIpc) is 2.96. The Hall–Kier alpha value is -1.82. The van der Waals surface area contributed by atoms with E-state index in [4.69, 9.17) is 15.2 Å². The maximum absolute atomic E-state index is 13.7. The van der Waals surface area contributed by atoms with Gasteiger partial charge in [-0.25, -0.2) is 9.18 Å². The predicted octanol–water partition coefficient (Wildman–Crippen LogP) is 3.13. The van der Waals surface area contributed by atoms with E-state index in [2.05, 4.69) is 0 Å². The standard InChI is InChI=1S/C18H27FN2O3/c1-18(2,3)24-17(22)21-8-7-12(11-21)15(10-20)14-9-13(19)5-6-16(14)23-4/h5-6,9,12,15H,7-8,10-11,20H2,1-4H3. The van der Waals surface area contributed by atoms with Gasteiger partial charge in [-0.2, -0.15) is 0 Å². The molecule has 2 atom stereocenters. The Morgan fingerprint density at radius 1 is 1.46 bits per heavy atom. The highest BCUT2D eigenvalue weighted by Gasteiger charge is 2.35. The van der Waals surface area contributed by atoms with Crippen molar-refractivity contribution < 1.29 is 18.7 Å². The SMILES string of the molecule is COc1ccc(F)cc1C(CN)C1CCN(C(=O)OC(C)(C)C)C1. The summed E-state index contributed by atoms with van der Waals surface area (Å²) in [5.41, 5.74) is 6.21. The molecule has 1 heterocycles. The first-order valence-electron chi connectivity index (χ1n) is 8.26. The van der Waals surface area contributed by atoms with Crippen LogP contribution in [0.2, 0.25) is 0 Å². The van der Waals surface area contributed by atoms with Crippen molar-refractivity contribution in [3.8, 4) is 5.75 Å². The molecule has 5 nitrogen and oxygen atoms in total. The van der Waals surface area contributed by atoms with E-state index in [0.29, 0.717) is 25.4 Å². The maximum atomic E-state index is 13.7. The summed E-state index contributed by atoms with van der Waals surface area (Å²) in [6.07, 6.45) is 0.493. The summed E-state index contributed by atoms with van der Waals surface area (Å²) >= 11 is 0. The van der Waals surface area contributed by atoms with Crippen LogP contribution in [0.3, 0.4) is 0 Å². The van der Waals surface area contributed by atoms with Gasteiger partial charge in [0.05, 0.1) is 7.11 Å². The number of carbonyl (C=O) groups is 1. The summed E-state index contributed by atoms with van der Waals surface area (Å²) in [6, 6.07) is 4.47. The third-order valence-electron chi connectivity index (χ3n) is 4.29. The van der Waals surface area contributed by atoms with Crippen molar-refractivity contribution in [1.82, 2.24) is 4.90 Å². The number of ether oxygens (including phenoxy) is 2. The summed E-state index contributed by atoms with van der Waals surface area (Å²) in [6.45, 7) is 7.08. The molecule has 2 N–H and O–H groups in total. The first-order chi connectivity index (χ1) is 11.2. The quantitative estimate of drug-likeness (QED) is 0.916. The Labute approximate surface area is 142 Å². The van der Waals surface area contributed by atoms with E-state index < -0.39 is 5.60 Å². The lowest BCUT2D eigenvalue weighted by atomic mass is 9.85. The van der Waals surface area contributed by atoms with Crippen molar-refractivity contribution in [2.45, 2.75) is 38.7 Å². The molecule has 2 rings (SSSR count). The van der Waals surface area contributed by atoms with Gasteiger partial charge in [-0.1, -0.05) is 0 Å². The van der Waals surface area contributed by atoms with E-state index in [9.17, 15) is 9.18 Å². The van der Waals surface area contributed by atoms with Crippen LogP contribution in [0.4, 0.5) is 9.18 Å². The Bertz CT molecular complexity index is 586. The van der Waals surface area contributed by atoms with Crippen LogP contribution in [-0.4, -0.2) is 43.3 Å². The molecule has 0 radical (unpaired) electrons. The molecule has 0 aromatic heterocycles. The molecular weight excluding hydrogens is 311 g/mol. The van der Waals surface area contributed by atoms with Gasteiger partial charge in [0.1, 0.15) is 17.2 Å². The highest BCUT2D eigenvalue weighted by molar-refractivity contribution is 5.68. The average molecular weight is 338 g/mol. The van der Waals surface area contributed by atoms with E-state index >= 15 is 0 Å². The molecule has 1 amide bonds. The number of halogens is 1. The summed E-state index contributed by atoms with van der Waals surface area (Å²) in [5, 5.41) is 0. The second-order valence-electron chi connectivity index (χ2n) is 7.20. The van der Waals surface area contributed by atoms with Crippen molar-refractivity contribution in [1.29, 1.82) is 0 Å². The third-order valence-corrected chi connectivity index (χ3v) is 4.29. The number of nitrogens with two attached hydrogens (primary N) is 1. The van der Waals surface area contributed by atoms with Gasteiger partial charge in [-0.15, -0.1) is 0 Å². The number of methoxy groups -OCH3 is 1. The van der Waals surface area contributed by atoms with Crippen molar-refractivity contribution >= 4 is 6.09 Å². The Morgan fingerprint density at radius 3 is 2.75 bits per heavy atom. The number of nitrogens with zero attached hydrogens (tertiary/aromatic N) is 1. The predicted molar refractivity (Wildman–Crippen MR) is 90.7 cm³/mol. The molecule has 6 heteroatoms. The van der Waals surface area contributed by atoms with Crippen LogP contribution in [0.15, 0.2) is 18.2 Å². The topological polar surface area (TPSA) is 64.8 Å². The van der Waals surface area contributed by atoms with Gasteiger partial charge in [-0.3, -0.25) is 0 Å². The Kier molecular flexibility index (Phi) is 5.70. The number of hydrogen-bond acceptors (Lipinski definition) is 4. The lowest BCUT2D eigenvalue weighted by molar-refractivity contribution is 0.0286. The number of hydrogen-bond donors (Lipinski definition) is 1. The van der Waals surface area contributed by atoms with Gasteiger partial charge in [-0.05, 0) is 57.9 Å². The fraction of sp³-hybridized carbons (Fsp3) is 0.611. The molecule has 0 aliphatic carbocycles. The van der Waals surface area contributed by atoms with Crippen LogP contribution in [0.1, 0.15) is 38.7 Å². The first-order valence-corrected chi connectivity index (χ1v) is 8.26. The van der Waals surface area contributed by atoms with Crippen LogP contribution in [0.5, 0.6) is 5.75 Å². The zero-order valence-corrected chi connectivity index (χ0v) is 14.8. The Balaban J connectivity index is 2.13. The highest BCUT2D eigenvalue weighted by atomic mass is 19.1. The fourth-order valence-electron chi connectivity index (χ4n) is 3.18. The van der Waals surface area contributed by atoms with Gasteiger partial charge in [0.25, 0.3) is 0 Å². The first kappa shape index (κ1) is 18.5. The minimum atomic E-state index is -0.520.